The molecule has 3 aromatic carbocycles. The van der Waals surface area contributed by atoms with Crippen LogP contribution >= 0.6 is 11.6 Å². The highest BCUT2D eigenvalue weighted by Crippen LogP contribution is 2.27. The van der Waals surface area contributed by atoms with E-state index in [9.17, 15) is 23.3 Å². The van der Waals surface area contributed by atoms with Crippen LogP contribution in [0.1, 0.15) is 21.3 Å². The molecule has 0 heterocycles. The van der Waals surface area contributed by atoms with Crippen molar-refractivity contribution < 1.29 is 18.1 Å². The largest absolute Gasteiger partial charge is 0.316 e. The van der Waals surface area contributed by atoms with Gasteiger partial charge in [0.15, 0.2) is 9.84 Å². The van der Waals surface area contributed by atoms with E-state index in [1.165, 1.54) is 42.5 Å². The van der Waals surface area contributed by atoms with Gasteiger partial charge in [0.25, 0.3) is 11.6 Å². The number of carbonyl (C=O) groups is 1. The number of anilines is 1. The first-order valence-electron chi connectivity index (χ1n) is 8.84. The molecule has 0 bridgehead atoms. The van der Waals surface area contributed by atoms with Gasteiger partial charge in [0.1, 0.15) is 5.69 Å². The standard InChI is InChI=1S/C21H17ClN2O5S/c22-18(15-7-2-1-3-8-15)14-30(28,29)17-10-6-9-16(13-17)21(25)23-19-11-4-5-12-20(19)24(26)27/h1-13,18H,14H2,(H,23,25)/t18-/m0/s1. The molecule has 0 saturated carbocycles. The summed E-state index contributed by atoms with van der Waals surface area (Å²) in [5.74, 6) is -1.000. The number of nitrogens with zero attached hydrogens (tertiary/aromatic N) is 1. The third-order valence-corrected chi connectivity index (χ3v) is 6.66. The summed E-state index contributed by atoms with van der Waals surface area (Å²) < 4.78 is 25.6. The van der Waals surface area contributed by atoms with E-state index >= 15 is 0 Å². The lowest BCUT2D eigenvalue weighted by molar-refractivity contribution is -0.383. The minimum Gasteiger partial charge on any atom is -0.316 e. The Morgan fingerprint density at radius 1 is 1.00 bits per heavy atom. The molecule has 0 unspecified atom stereocenters. The number of nitro benzene ring substituents is 1. The van der Waals surface area contributed by atoms with Crippen LogP contribution in [0.15, 0.2) is 83.8 Å². The number of nitrogens with one attached hydrogen (secondary N) is 1. The number of halogens is 1. The van der Waals surface area contributed by atoms with Crippen LogP contribution in [0.3, 0.4) is 0 Å². The van der Waals surface area contributed by atoms with Crippen LogP contribution in [0.4, 0.5) is 11.4 Å². The highest BCUT2D eigenvalue weighted by Gasteiger charge is 2.23. The first-order valence-corrected chi connectivity index (χ1v) is 10.9. The number of hydrogen-bond acceptors (Lipinski definition) is 5. The van der Waals surface area contributed by atoms with Crippen LogP contribution in [0.5, 0.6) is 0 Å². The average Bonchev–Trinajstić information content (AvgIpc) is 2.74. The lowest BCUT2D eigenvalue weighted by Gasteiger charge is -2.12. The van der Waals surface area contributed by atoms with Crippen molar-refractivity contribution >= 4 is 38.7 Å². The SMILES string of the molecule is O=C(Nc1ccccc1[N+](=O)[O-])c1cccc(S(=O)(=O)C[C@H](Cl)c2ccccc2)c1. The van der Waals surface area contributed by atoms with E-state index in [2.05, 4.69) is 5.32 Å². The minimum atomic E-state index is -3.78. The predicted octanol–water partition coefficient (Wildman–Crippen LogP) is 4.60. The zero-order valence-corrected chi connectivity index (χ0v) is 17.1. The molecule has 3 aromatic rings. The van der Waals surface area contributed by atoms with Crippen LogP contribution in [0, 0.1) is 10.1 Å². The third kappa shape index (κ3) is 5.03. The van der Waals surface area contributed by atoms with Crippen molar-refractivity contribution in [2.24, 2.45) is 0 Å². The summed E-state index contributed by atoms with van der Waals surface area (Å²) in [5.41, 5.74) is 0.487. The fourth-order valence-corrected chi connectivity index (χ4v) is 4.82. The van der Waals surface area contributed by atoms with Crippen molar-refractivity contribution in [3.63, 3.8) is 0 Å². The topological polar surface area (TPSA) is 106 Å². The zero-order valence-electron chi connectivity index (χ0n) is 15.6. The highest BCUT2D eigenvalue weighted by atomic mass is 35.5. The van der Waals surface area contributed by atoms with Crippen LogP contribution in [0.25, 0.3) is 0 Å². The number of carbonyl (C=O) groups excluding carboxylic acids is 1. The van der Waals surface area contributed by atoms with Crippen LogP contribution in [-0.4, -0.2) is 25.0 Å². The van der Waals surface area contributed by atoms with Gasteiger partial charge < -0.3 is 5.32 Å². The fourth-order valence-electron chi connectivity index (χ4n) is 2.81. The molecule has 0 spiro atoms. The van der Waals surface area contributed by atoms with E-state index in [0.717, 1.165) is 0 Å². The first kappa shape index (κ1) is 21.5. The molecule has 0 radical (unpaired) electrons. The van der Waals surface area contributed by atoms with Crippen molar-refractivity contribution in [3.8, 4) is 0 Å². The molecule has 0 aromatic heterocycles. The van der Waals surface area contributed by atoms with E-state index in [0.29, 0.717) is 5.56 Å². The summed E-state index contributed by atoms with van der Waals surface area (Å²) in [6, 6.07) is 20.0. The molecular formula is C21H17ClN2O5S. The molecule has 0 saturated heterocycles. The van der Waals surface area contributed by atoms with E-state index in [-0.39, 0.29) is 27.6 Å². The van der Waals surface area contributed by atoms with Gasteiger partial charge in [-0.3, -0.25) is 14.9 Å². The summed E-state index contributed by atoms with van der Waals surface area (Å²) in [6.45, 7) is 0. The Labute approximate surface area is 178 Å². The first-order chi connectivity index (χ1) is 14.3. The second kappa shape index (κ2) is 9.06. The molecule has 0 fully saturated rings. The molecule has 3 rings (SSSR count). The molecular weight excluding hydrogens is 428 g/mol. The van der Waals surface area contributed by atoms with Crippen molar-refractivity contribution in [3.05, 3.63) is 100 Å². The average molecular weight is 445 g/mol. The summed E-state index contributed by atoms with van der Waals surface area (Å²) in [5, 5.41) is 12.8. The minimum absolute atomic E-state index is 0.0191. The molecule has 1 atom stereocenters. The Bertz CT molecular complexity index is 1180. The van der Waals surface area contributed by atoms with E-state index < -0.39 is 26.0 Å². The van der Waals surface area contributed by atoms with Gasteiger partial charge in [-0.1, -0.05) is 48.5 Å². The molecule has 154 valence electrons. The normalized spacial score (nSPS) is 12.2. The number of alkyl halides is 1. The smallest absolute Gasteiger partial charge is 0.292 e. The molecule has 7 nitrogen and oxygen atoms in total. The molecule has 0 aliphatic rings. The van der Waals surface area contributed by atoms with Crippen molar-refractivity contribution in [1.82, 2.24) is 0 Å². The monoisotopic (exact) mass is 444 g/mol. The van der Waals surface area contributed by atoms with Gasteiger partial charge in [-0.2, -0.15) is 0 Å². The predicted molar refractivity (Wildman–Crippen MR) is 115 cm³/mol. The Morgan fingerprint density at radius 3 is 2.37 bits per heavy atom. The molecule has 0 aliphatic carbocycles. The number of sulfone groups is 1. The molecule has 9 heteroatoms. The Hall–Kier alpha value is -3.23. The Balaban J connectivity index is 1.82. The summed E-state index contributed by atoms with van der Waals surface area (Å²) in [6.07, 6.45) is 0. The second-order valence-electron chi connectivity index (χ2n) is 6.42. The molecule has 1 N–H and O–H groups in total. The number of nitro groups is 1. The maximum atomic E-state index is 12.8. The quantitative estimate of drug-likeness (QED) is 0.325. The van der Waals surface area contributed by atoms with Crippen molar-refractivity contribution in [2.45, 2.75) is 10.3 Å². The zero-order chi connectivity index (χ0) is 21.7. The lowest BCUT2D eigenvalue weighted by atomic mass is 10.2. The molecule has 1 amide bonds. The van der Waals surface area contributed by atoms with Gasteiger partial charge in [0.2, 0.25) is 0 Å². The summed E-state index contributed by atoms with van der Waals surface area (Å²) in [4.78, 5) is 23.0. The van der Waals surface area contributed by atoms with Gasteiger partial charge in [0.05, 0.1) is 20.9 Å². The van der Waals surface area contributed by atoms with Gasteiger partial charge in [0, 0.05) is 11.6 Å². The van der Waals surface area contributed by atoms with Crippen molar-refractivity contribution in [1.29, 1.82) is 0 Å². The number of benzene rings is 3. The van der Waals surface area contributed by atoms with Gasteiger partial charge in [-0.25, -0.2) is 8.42 Å². The summed E-state index contributed by atoms with van der Waals surface area (Å²) >= 11 is 6.28. The highest BCUT2D eigenvalue weighted by molar-refractivity contribution is 7.91. The molecule has 0 aliphatic heterocycles. The van der Waals surface area contributed by atoms with Crippen LogP contribution in [0.2, 0.25) is 0 Å². The third-order valence-electron chi connectivity index (χ3n) is 4.33. The van der Waals surface area contributed by atoms with E-state index in [1.807, 2.05) is 0 Å². The van der Waals surface area contributed by atoms with Gasteiger partial charge in [-0.05, 0) is 29.8 Å². The van der Waals surface area contributed by atoms with Crippen molar-refractivity contribution in [2.75, 3.05) is 11.1 Å². The Kier molecular flexibility index (Phi) is 6.49. The lowest BCUT2D eigenvalue weighted by Crippen LogP contribution is -2.15. The van der Waals surface area contributed by atoms with E-state index in [1.54, 1.807) is 36.4 Å². The van der Waals surface area contributed by atoms with E-state index in [4.69, 9.17) is 11.6 Å². The number of rotatable bonds is 7. The summed E-state index contributed by atoms with van der Waals surface area (Å²) in [7, 11) is -3.78. The number of para-hydroxylation sites is 2. The van der Waals surface area contributed by atoms with Gasteiger partial charge >= 0.3 is 0 Å². The van der Waals surface area contributed by atoms with Crippen LogP contribution in [-0.2, 0) is 9.84 Å². The molecule has 30 heavy (non-hydrogen) atoms. The fraction of sp³-hybridized carbons (Fsp3) is 0.0952. The number of amides is 1. The van der Waals surface area contributed by atoms with Crippen LogP contribution < -0.4 is 5.32 Å². The number of hydrogen-bond donors (Lipinski definition) is 1. The second-order valence-corrected chi connectivity index (χ2v) is 8.98. The Morgan fingerprint density at radius 2 is 1.67 bits per heavy atom. The maximum absolute atomic E-state index is 12.8. The maximum Gasteiger partial charge on any atom is 0.292 e. The van der Waals surface area contributed by atoms with Gasteiger partial charge in [-0.15, -0.1) is 11.6 Å².